The normalized spacial score (nSPS) is 10.3. The number of hydrogen-bond acceptors (Lipinski definition) is 6. The summed E-state index contributed by atoms with van der Waals surface area (Å²) in [5.41, 5.74) is 1.24. The molecule has 6 nitrogen and oxygen atoms in total. The largest absolute Gasteiger partial charge is 0.540 e. The average molecular weight is 314 g/mol. The number of ether oxygens (including phenoxy) is 1. The van der Waals surface area contributed by atoms with Crippen molar-refractivity contribution < 1.29 is 29.5 Å². The van der Waals surface area contributed by atoms with E-state index in [4.69, 9.17) is 5.26 Å². The van der Waals surface area contributed by atoms with Crippen molar-refractivity contribution in [2.45, 2.75) is 59.7 Å². The molecule has 126 valence electrons. The molecule has 0 saturated carbocycles. The van der Waals surface area contributed by atoms with Gasteiger partial charge >= 0.3 is 6.16 Å². The lowest BCUT2D eigenvalue weighted by molar-refractivity contribution is -0.279. The van der Waals surface area contributed by atoms with Gasteiger partial charge in [-0.1, -0.05) is 26.0 Å². The van der Waals surface area contributed by atoms with Gasteiger partial charge < -0.3 is 9.62 Å². The lowest BCUT2D eigenvalue weighted by atomic mass is 10.0. The maximum absolute atomic E-state index is 10.6. The molecule has 0 unspecified atom stereocenters. The minimum atomic E-state index is -0.798. The Balaban J connectivity index is 0.000000401. The summed E-state index contributed by atoms with van der Waals surface area (Å²) in [7, 11) is 0. The SMILES string of the molecule is CC(C)OOC(=O)OC(C)C.CC(C)c1ccc(OO)cc1. The molecular weight excluding hydrogens is 288 g/mol. The molecule has 22 heavy (non-hydrogen) atoms. The van der Waals surface area contributed by atoms with E-state index < -0.39 is 6.16 Å². The van der Waals surface area contributed by atoms with E-state index in [1.807, 2.05) is 12.1 Å². The third-order valence-corrected chi connectivity index (χ3v) is 2.29. The Labute approximate surface area is 131 Å². The fourth-order valence-corrected chi connectivity index (χ4v) is 1.26. The van der Waals surface area contributed by atoms with Crippen molar-refractivity contribution in [3.8, 4) is 5.75 Å². The van der Waals surface area contributed by atoms with Crippen LogP contribution in [-0.4, -0.2) is 23.6 Å². The zero-order valence-corrected chi connectivity index (χ0v) is 14.0. The van der Waals surface area contributed by atoms with E-state index >= 15 is 0 Å². The molecule has 1 aromatic carbocycles. The van der Waals surface area contributed by atoms with Crippen molar-refractivity contribution in [3.05, 3.63) is 29.8 Å². The highest BCUT2D eigenvalue weighted by molar-refractivity contribution is 5.59. The van der Waals surface area contributed by atoms with Gasteiger partial charge in [0, 0.05) is 0 Å². The first-order chi connectivity index (χ1) is 10.3. The van der Waals surface area contributed by atoms with E-state index in [1.54, 1.807) is 39.8 Å². The molecule has 0 aliphatic rings. The third-order valence-electron chi connectivity index (χ3n) is 2.29. The molecule has 0 saturated heterocycles. The number of carbonyl (C=O) groups excluding carboxylic acids is 1. The monoisotopic (exact) mass is 314 g/mol. The second-order valence-electron chi connectivity index (χ2n) is 5.46. The first-order valence-corrected chi connectivity index (χ1v) is 7.21. The molecular formula is C16H26O6. The summed E-state index contributed by atoms with van der Waals surface area (Å²) in [6.45, 7) is 11.2. The molecule has 0 spiro atoms. The second-order valence-corrected chi connectivity index (χ2v) is 5.46. The van der Waals surface area contributed by atoms with Crippen molar-refractivity contribution >= 4 is 6.16 Å². The van der Waals surface area contributed by atoms with Crippen LogP contribution in [0.1, 0.15) is 53.0 Å². The highest BCUT2D eigenvalue weighted by Gasteiger charge is 2.08. The van der Waals surface area contributed by atoms with Gasteiger partial charge in [0.2, 0.25) is 0 Å². The van der Waals surface area contributed by atoms with E-state index in [1.165, 1.54) is 5.56 Å². The summed E-state index contributed by atoms with van der Waals surface area (Å²) in [4.78, 5) is 23.4. The molecule has 0 bridgehead atoms. The van der Waals surface area contributed by atoms with Crippen LogP contribution < -0.4 is 4.89 Å². The molecule has 1 rings (SSSR count). The van der Waals surface area contributed by atoms with Gasteiger partial charge in [0.1, 0.15) is 0 Å². The molecule has 0 amide bonds. The van der Waals surface area contributed by atoms with Crippen molar-refractivity contribution in [1.82, 2.24) is 0 Å². The minimum absolute atomic E-state index is 0.144. The molecule has 0 fully saturated rings. The Morgan fingerprint density at radius 3 is 1.86 bits per heavy atom. The quantitative estimate of drug-likeness (QED) is 0.488. The van der Waals surface area contributed by atoms with E-state index in [0.29, 0.717) is 11.7 Å². The number of carbonyl (C=O) groups is 1. The molecule has 0 radical (unpaired) electrons. The van der Waals surface area contributed by atoms with Crippen LogP contribution in [0.4, 0.5) is 4.79 Å². The van der Waals surface area contributed by atoms with Crippen LogP contribution in [0.2, 0.25) is 0 Å². The van der Waals surface area contributed by atoms with Gasteiger partial charge in [-0.15, -0.1) is 0 Å². The van der Waals surface area contributed by atoms with Crippen LogP contribution in [0, 0.1) is 0 Å². The van der Waals surface area contributed by atoms with Gasteiger partial charge in [0.25, 0.3) is 0 Å². The predicted molar refractivity (Wildman–Crippen MR) is 82.7 cm³/mol. The first kappa shape index (κ1) is 20.2. The Hall–Kier alpha value is -1.79. The van der Waals surface area contributed by atoms with Crippen molar-refractivity contribution in [2.75, 3.05) is 0 Å². The highest BCUT2D eigenvalue weighted by atomic mass is 17.2. The Morgan fingerprint density at radius 1 is 0.955 bits per heavy atom. The molecule has 0 heterocycles. The van der Waals surface area contributed by atoms with E-state index in [-0.39, 0.29) is 12.2 Å². The maximum Gasteiger partial charge on any atom is 0.540 e. The third kappa shape index (κ3) is 10.0. The Morgan fingerprint density at radius 2 is 1.50 bits per heavy atom. The zero-order valence-electron chi connectivity index (χ0n) is 14.0. The number of benzene rings is 1. The molecule has 6 heteroatoms. The van der Waals surface area contributed by atoms with Gasteiger partial charge in [-0.25, -0.2) is 10.1 Å². The van der Waals surface area contributed by atoms with Crippen LogP contribution in [0.15, 0.2) is 24.3 Å². The first-order valence-electron chi connectivity index (χ1n) is 7.21. The standard InChI is InChI=1S/C9H12O2.C7H14O4/c1-7(2)8-3-5-9(11-10)6-4-8;1-5(2)9-7(8)11-10-6(3)4/h3-7,10H,1-2H3;5-6H,1-4H3. The van der Waals surface area contributed by atoms with Crippen molar-refractivity contribution in [1.29, 1.82) is 0 Å². The smallest absolute Gasteiger partial charge is 0.430 e. The summed E-state index contributed by atoms with van der Waals surface area (Å²) < 4.78 is 4.61. The molecule has 1 N–H and O–H groups in total. The van der Waals surface area contributed by atoms with Gasteiger partial charge in [-0.2, -0.15) is 4.89 Å². The van der Waals surface area contributed by atoms with Crippen LogP contribution >= 0.6 is 0 Å². The van der Waals surface area contributed by atoms with E-state index in [2.05, 4.69) is 33.2 Å². The van der Waals surface area contributed by atoms with Gasteiger partial charge in [0.05, 0.1) is 12.2 Å². The average Bonchev–Trinajstić information content (AvgIpc) is 2.45. The van der Waals surface area contributed by atoms with E-state index in [0.717, 1.165) is 0 Å². The highest BCUT2D eigenvalue weighted by Crippen LogP contribution is 2.17. The fourth-order valence-electron chi connectivity index (χ4n) is 1.26. The molecule has 0 atom stereocenters. The summed E-state index contributed by atoms with van der Waals surface area (Å²) >= 11 is 0. The second kappa shape index (κ2) is 10.9. The van der Waals surface area contributed by atoms with Crippen LogP contribution in [0.3, 0.4) is 0 Å². The van der Waals surface area contributed by atoms with Gasteiger partial charge in [0.15, 0.2) is 5.75 Å². The van der Waals surface area contributed by atoms with Crippen LogP contribution in [0.25, 0.3) is 0 Å². The molecule has 0 aromatic heterocycles. The Bertz CT molecular complexity index is 411. The fraction of sp³-hybridized carbons (Fsp3) is 0.562. The van der Waals surface area contributed by atoms with Crippen LogP contribution in [-0.2, 0) is 14.5 Å². The number of rotatable bonds is 5. The maximum atomic E-state index is 10.6. The lowest BCUT2D eigenvalue weighted by Crippen LogP contribution is -2.15. The molecule has 0 aliphatic carbocycles. The van der Waals surface area contributed by atoms with Crippen molar-refractivity contribution in [2.24, 2.45) is 0 Å². The van der Waals surface area contributed by atoms with E-state index in [9.17, 15) is 4.79 Å². The zero-order chi connectivity index (χ0) is 17.1. The predicted octanol–water partition coefficient (Wildman–Crippen LogP) is 4.55. The molecule has 1 aromatic rings. The summed E-state index contributed by atoms with van der Waals surface area (Å²) in [6.07, 6.45) is -1.12. The topological polar surface area (TPSA) is 74.2 Å². The van der Waals surface area contributed by atoms with Gasteiger partial charge in [-0.05, 0) is 51.3 Å². The minimum Gasteiger partial charge on any atom is -0.430 e. The molecule has 0 aliphatic heterocycles. The summed E-state index contributed by atoms with van der Waals surface area (Å²) in [5, 5.41) is 8.27. The number of hydrogen-bond donors (Lipinski definition) is 1. The summed E-state index contributed by atoms with van der Waals surface area (Å²) in [6, 6.07) is 7.37. The summed E-state index contributed by atoms with van der Waals surface area (Å²) in [5.74, 6) is 0.997. The lowest BCUT2D eigenvalue weighted by Gasteiger charge is -2.08. The van der Waals surface area contributed by atoms with Crippen LogP contribution in [0.5, 0.6) is 5.75 Å². The van der Waals surface area contributed by atoms with Gasteiger partial charge in [-0.3, -0.25) is 4.89 Å². The Kier molecular flexibility index (Phi) is 9.98. The van der Waals surface area contributed by atoms with Crippen molar-refractivity contribution in [3.63, 3.8) is 0 Å².